The summed E-state index contributed by atoms with van der Waals surface area (Å²) in [6.45, 7) is 12.6. The second kappa shape index (κ2) is 11.0. The maximum absolute atomic E-state index is 13.4. The van der Waals surface area contributed by atoms with Crippen molar-refractivity contribution in [3.05, 3.63) is 70.3 Å². The van der Waals surface area contributed by atoms with E-state index in [0.29, 0.717) is 19.4 Å². The monoisotopic (exact) mass is 408 g/mol. The molecule has 30 heavy (non-hydrogen) atoms. The Morgan fingerprint density at radius 1 is 0.867 bits per heavy atom. The molecule has 0 saturated carbocycles. The van der Waals surface area contributed by atoms with Gasteiger partial charge in [0.2, 0.25) is 11.8 Å². The maximum atomic E-state index is 13.4. The standard InChI is InChI=1S/C26H36N2O2/c1-7-21(6)27-26(30)24(8-2)28(17-22-11-9-18(3)10-12-22)25(29)16-23-14-19(4)13-20(5)15-23/h9-15,21,24H,7-8,16-17H2,1-6H3,(H,27,30)/t21-,24+/m1/s1. The largest absolute Gasteiger partial charge is 0.352 e. The van der Waals surface area contributed by atoms with Gasteiger partial charge in [-0.1, -0.05) is 73.0 Å². The molecule has 2 aromatic carbocycles. The third-order valence-corrected chi connectivity index (χ3v) is 5.50. The summed E-state index contributed by atoms with van der Waals surface area (Å²) in [5.41, 5.74) is 5.48. The molecule has 0 saturated heterocycles. The molecule has 0 unspecified atom stereocenters. The van der Waals surface area contributed by atoms with Crippen molar-refractivity contribution in [2.24, 2.45) is 0 Å². The Balaban J connectivity index is 2.31. The van der Waals surface area contributed by atoms with Gasteiger partial charge in [-0.2, -0.15) is 0 Å². The van der Waals surface area contributed by atoms with Crippen molar-refractivity contribution >= 4 is 11.8 Å². The first-order valence-electron chi connectivity index (χ1n) is 11.0. The molecule has 0 bridgehead atoms. The van der Waals surface area contributed by atoms with E-state index >= 15 is 0 Å². The molecule has 0 aliphatic carbocycles. The van der Waals surface area contributed by atoms with E-state index in [1.54, 1.807) is 4.90 Å². The van der Waals surface area contributed by atoms with E-state index < -0.39 is 6.04 Å². The van der Waals surface area contributed by atoms with Gasteiger partial charge in [0.25, 0.3) is 0 Å². The van der Waals surface area contributed by atoms with Gasteiger partial charge in [0.1, 0.15) is 6.04 Å². The number of carbonyl (C=O) groups excluding carboxylic acids is 2. The summed E-state index contributed by atoms with van der Waals surface area (Å²) >= 11 is 0. The summed E-state index contributed by atoms with van der Waals surface area (Å²) in [6.07, 6.45) is 1.73. The molecule has 162 valence electrons. The van der Waals surface area contributed by atoms with Crippen LogP contribution in [0.5, 0.6) is 0 Å². The molecule has 0 spiro atoms. The van der Waals surface area contributed by atoms with Crippen LogP contribution in [-0.2, 0) is 22.6 Å². The van der Waals surface area contributed by atoms with Crippen LogP contribution in [0.2, 0.25) is 0 Å². The SMILES string of the molecule is CC[C@@H](C)NC(=O)[C@H](CC)N(Cc1ccc(C)cc1)C(=O)Cc1cc(C)cc(C)c1. The first-order valence-corrected chi connectivity index (χ1v) is 11.0. The Morgan fingerprint density at radius 2 is 1.47 bits per heavy atom. The van der Waals surface area contributed by atoms with Gasteiger partial charge in [-0.05, 0) is 51.7 Å². The van der Waals surface area contributed by atoms with E-state index in [1.165, 1.54) is 5.56 Å². The average Bonchev–Trinajstić information content (AvgIpc) is 2.68. The average molecular weight is 409 g/mol. The molecule has 0 radical (unpaired) electrons. The molecule has 0 aromatic heterocycles. The van der Waals surface area contributed by atoms with Crippen LogP contribution >= 0.6 is 0 Å². The van der Waals surface area contributed by atoms with Gasteiger partial charge in [-0.15, -0.1) is 0 Å². The quantitative estimate of drug-likeness (QED) is 0.643. The van der Waals surface area contributed by atoms with Crippen LogP contribution in [-0.4, -0.2) is 28.8 Å². The van der Waals surface area contributed by atoms with E-state index in [0.717, 1.165) is 28.7 Å². The zero-order chi connectivity index (χ0) is 22.3. The number of hydrogen-bond donors (Lipinski definition) is 1. The molecular formula is C26H36N2O2. The van der Waals surface area contributed by atoms with Gasteiger partial charge in [0, 0.05) is 12.6 Å². The minimum atomic E-state index is -0.487. The van der Waals surface area contributed by atoms with Crippen molar-refractivity contribution in [3.63, 3.8) is 0 Å². The highest BCUT2D eigenvalue weighted by Gasteiger charge is 2.29. The van der Waals surface area contributed by atoms with Crippen molar-refractivity contribution in [3.8, 4) is 0 Å². The first-order chi connectivity index (χ1) is 14.2. The topological polar surface area (TPSA) is 49.4 Å². The molecule has 0 aliphatic rings. The molecule has 0 aliphatic heterocycles. The molecule has 2 amide bonds. The Bertz CT molecular complexity index is 838. The summed E-state index contributed by atoms with van der Waals surface area (Å²) in [5.74, 6) is -0.0977. The number of carbonyl (C=O) groups is 2. The lowest BCUT2D eigenvalue weighted by atomic mass is 10.0. The van der Waals surface area contributed by atoms with Gasteiger partial charge >= 0.3 is 0 Å². The molecule has 2 aromatic rings. The minimum Gasteiger partial charge on any atom is -0.352 e. The number of amides is 2. The lowest BCUT2D eigenvalue weighted by Crippen LogP contribution is -2.51. The zero-order valence-corrected chi connectivity index (χ0v) is 19.3. The second-order valence-electron chi connectivity index (χ2n) is 8.42. The zero-order valence-electron chi connectivity index (χ0n) is 19.3. The summed E-state index contributed by atoms with van der Waals surface area (Å²) in [5, 5.41) is 3.06. The maximum Gasteiger partial charge on any atom is 0.243 e. The molecular weight excluding hydrogens is 372 g/mol. The summed E-state index contributed by atoms with van der Waals surface area (Å²) in [7, 11) is 0. The molecule has 2 atom stereocenters. The van der Waals surface area contributed by atoms with Gasteiger partial charge < -0.3 is 10.2 Å². The van der Waals surface area contributed by atoms with Gasteiger partial charge in [-0.25, -0.2) is 0 Å². The minimum absolute atomic E-state index is 0.0215. The molecule has 1 N–H and O–H groups in total. The van der Waals surface area contributed by atoms with Crippen LogP contribution in [0.3, 0.4) is 0 Å². The van der Waals surface area contributed by atoms with Crippen molar-refractivity contribution in [1.82, 2.24) is 10.2 Å². The number of benzene rings is 2. The number of aryl methyl sites for hydroxylation is 3. The Hall–Kier alpha value is -2.62. The third kappa shape index (κ3) is 6.72. The molecule has 0 fully saturated rings. The van der Waals surface area contributed by atoms with Crippen molar-refractivity contribution in [1.29, 1.82) is 0 Å². The summed E-state index contributed by atoms with van der Waals surface area (Å²) in [4.78, 5) is 28.2. The van der Waals surface area contributed by atoms with Crippen LogP contribution < -0.4 is 5.32 Å². The number of hydrogen-bond acceptors (Lipinski definition) is 2. The highest BCUT2D eigenvalue weighted by Crippen LogP contribution is 2.17. The number of nitrogens with one attached hydrogen (secondary N) is 1. The lowest BCUT2D eigenvalue weighted by Gasteiger charge is -2.31. The van der Waals surface area contributed by atoms with Crippen LogP contribution in [0.1, 0.15) is 61.4 Å². The van der Waals surface area contributed by atoms with E-state index in [1.807, 2.05) is 65.8 Å². The van der Waals surface area contributed by atoms with Crippen molar-refractivity contribution < 1.29 is 9.59 Å². The van der Waals surface area contributed by atoms with Crippen LogP contribution in [0.4, 0.5) is 0 Å². The normalized spacial score (nSPS) is 12.9. The summed E-state index contributed by atoms with van der Waals surface area (Å²) < 4.78 is 0. The predicted octanol–water partition coefficient (Wildman–Crippen LogP) is 4.88. The lowest BCUT2D eigenvalue weighted by molar-refractivity contribution is -0.141. The van der Waals surface area contributed by atoms with Crippen LogP contribution in [0, 0.1) is 20.8 Å². The van der Waals surface area contributed by atoms with E-state index in [9.17, 15) is 9.59 Å². The second-order valence-corrected chi connectivity index (χ2v) is 8.42. The third-order valence-electron chi connectivity index (χ3n) is 5.50. The van der Waals surface area contributed by atoms with Gasteiger partial charge in [0.05, 0.1) is 6.42 Å². The highest BCUT2D eigenvalue weighted by molar-refractivity contribution is 5.88. The highest BCUT2D eigenvalue weighted by atomic mass is 16.2. The number of rotatable bonds is 9. The van der Waals surface area contributed by atoms with E-state index in [-0.39, 0.29) is 17.9 Å². The van der Waals surface area contributed by atoms with E-state index in [2.05, 4.69) is 23.5 Å². The smallest absolute Gasteiger partial charge is 0.243 e. The van der Waals surface area contributed by atoms with Crippen molar-refractivity contribution in [2.45, 2.75) is 79.4 Å². The van der Waals surface area contributed by atoms with Crippen LogP contribution in [0.25, 0.3) is 0 Å². The molecule has 4 nitrogen and oxygen atoms in total. The summed E-state index contributed by atoms with van der Waals surface area (Å²) in [6, 6.07) is 14.0. The Labute approximate surface area is 181 Å². The fraction of sp³-hybridized carbons (Fsp3) is 0.462. The first kappa shape index (κ1) is 23.7. The predicted molar refractivity (Wildman–Crippen MR) is 123 cm³/mol. The van der Waals surface area contributed by atoms with Gasteiger partial charge in [-0.3, -0.25) is 9.59 Å². The van der Waals surface area contributed by atoms with Crippen LogP contribution in [0.15, 0.2) is 42.5 Å². The fourth-order valence-corrected chi connectivity index (χ4v) is 3.70. The Morgan fingerprint density at radius 3 is 2.00 bits per heavy atom. The van der Waals surface area contributed by atoms with Gasteiger partial charge in [0.15, 0.2) is 0 Å². The Kier molecular flexibility index (Phi) is 8.64. The molecule has 0 heterocycles. The van der Waals surface area contributed by atoms with E-state index in [4.69, 9.17) is 0 Å². The molecule has 4 heteroatoms. The fourth-order valence-electron chi connectivity index (χ4n) is 3.70. The number of nitrogens with zero attached hydrogens (tertiary/aromatic N) is 1. The van der Waals surface area contributed by atoms with Crippen molar-refractivity contribution in [2.75, 3.05) is 0 Å². The molecule has 2 rings (SSSR count).